The molecule has 3 amide bonds. The van der Waals surface area contributed by atoms with Crippen molar-refractivity contribution in [1.82, 2.24) is 10.2 Å². The summed E-state index contributed by atoms with van der Waals surface area (Å²) in [5.74, 6) is -1.12. The van der Waals surface area contributed by atoms with Gasteiger partial charge in [0.2, 0.25) is 17.7 Å². The van der Waals surface area contributed by atoms with Crippen LogP contribution in [0.3, 0.4) is 0 Å². The maximum atomic E-state index is 13.9. The first kappa shape index (κ1) is 26.0. The van der Waals surface area contributed by atoms with Crippen molar-refractivity contribution in [3.63, 3.8) is 0 Å². The first-order valence-electron chi connectivity index (χ1n) is 14.1. The van der Waals surface area contributed by atoms with E-state index in [-0.39, 0.29) is 23.8 Å². The van der Waals surface area contributed by atoms with Crippen LogP contribution in [0, 0.1) is 17.8 Å². The van der Waals surface area contributed by atoms with E-state index in [0.717, 1.165) is 32.1 Å². The second-order valence-corrected chi connectivity index (χ2v) is 12.0. The molecule has 37 heavy (non-hydrogen) atoms. The minimum Gasteiger partial charge on any atom is -0.359 e. The maximum Gasteiger partial charge on any atom is 0.246 e. The quantitative estimate of drug-likeness (QED) is 0.511. The molecular weight excluding hydrogens is 466 g/mol. The van der Waals surface area contributed by atoms with Crippen LogP contribution in [0.25, 0.3) is 0 Å². The van der Waals surface area contributed by atoms with Crippen molar-refractivity contribution in [1.29, 1.82) is 0 Å². The van der Waals surface area contributed by atoms with E-state index in [4.69, 9.17) is 4.74 Å². The van der Waals surface area contributed by atoms with Crippen molar-refractivity contribution in [2.45, 2.75) is 95.9 Å². The number of benzene rings is 1. The van der Waals surface area contributed by atoms with Crippen LogP contribution in [0.1, 0.15) is 77.7 Å². The summed E-state index contributed by atoms with van der Waals surface area (Å²) in [5.41, 5.74) is 0.798. The van der Waals surface area contributed by atoms with Gasteiger partial charge in [-0.05, 0) is 48.8 Å². The highest BCUT2D eigenvalue weighted by Crippen LogP contribution is 2.55. The highest BCUT2D eigenvalue weighted by molar-refractivity contribution is 6.02. The zero-order chi connectivity index (χ0) is 26.3. The lowest BCUT2D eigenvalue weighted by atomic mass is 9.74. The molecule has 4 aliphatic rings. The Labute approximate surface area is 220 Å². The number of nitrogens with zero attached hydrogens (tertiary/aromatic N) is 1. The van der Waals surface area contributed by atoms with Crippen molar-refractivity contribution < 1.29 is 19.1 Å². The minimum absolute atomic E-state index is 0.134. The van der Waals surface area contributed by atoms with Gasteiger partial charge in [0.25, 0.3) is 0 Å². The van der Waals surface area contributed by atoms with E-state index in [9.17, 15) is 14.4 Å². The van der Waals surface area contributed by atoms with Crippen LogP contribution in [0.5, 0.6) is 0 Å². The van der Waals surface area contributed by atoms with Gasteiger partial charge in [0.15, 0.2) is 0 Å². The Morgan fingerprint density at radius 3 is 2.41 bits per heavy atom. The van der Waals surface area contributed by atoms with Gasteiger partial charge in [0, 0.05) is 18.3 Å². The summed E-state index contributed by atoms with van der Waals surface area (Å²) in [6.45, 7) is 8.95. The zero-order valence-corrected chi connectivity index (χ0v) is 22.5. The molecule has 1 aromatic carbocycles. The molecule has 5 atom stereocenters. The van der Waals surface area contributed by atoms with Crippen LogP contribution < -0.4 is 10.6 Å². The third-order valence-electron chi connectivity index (χ3n) is 8.67. The van der Waals surface area contributed by atoms with Gasteiger partial charge in [0.1, 0.15) is 11.6 Å². The fourth-order valence-corrected chi connectivity index (χ4v) is 6.61. The van der Waals surface area contributed by atoms with Gasteiger partial charge in [-0.2, -0.15) is 0 Å². The predicted molar refractivity (Wildman–Crippen MR) is 143 cm³/mol. The molecule has 3 aliphatic heterocycles. The number of anilines is 1. The van der Waals surface area contributed by atoms with Gasteiger partial charge in [0.05, 0.1) is 17.9 Å². The molecule has 1 spiro atoms. The molecule has 2 saturated heterocycles. The molecule has 7 nitrogen and oxygen atoms in total. The molecule has 1 saturated carbocycles. The maximum absolute atomic E-state index is 13.9. The van der Waals surface area contributed by atoms with Crippen molar-refractivity contribution in [2.75, 3.05) is 11.9 Å². The van der Waals surface area contributed by atoms with E-state index in [0.29, 0.717) is 24.1 Å². The number of nitrogens with one attached hydrogen (secondary N) is 2. The van der Waals surface area contributed by atoms with Gasteiger partial charge in [-0.3, -0.25) is 14.4 Å². The summed E-state index contributed by atoms with van der Waals surface area (Å²) in [5, 5.41) is 6.26. The van der Waals surface area contributed by atoms with Crippen molar-refractivity contribution in [3.8, 4) is 0 Å². The second kappa shape index (κ2) is 10.2. The highest BCUT2D eigenvalue weighted by atomic mass is 16.5. The number of amides is 3. The third kappa shape index (κ3) is 4.71. The third-order valence-corrected chi connectivity index (χ3v) is 8.67. The Morgan fingerprint density at radius 1 is 1.05 bits per heavy atom. The van der Waals surface area contributed by atoms with Crippen LogP contribution in [0.4, 0.5) is 5.69 Å². The Bertz CT molecular complexity index is 1060. The second-order valence-electron chi connectivity index (χ2n) is 12.0. The van der Waals surface area contributed by atoms with Gasteiger partial charge in [-0.15, -0.1) is 0 Å². The molecule has 3 fully saturated rings. The number of hydrogen-bond acceptors (Lipinski definition) is 4. The topological polar surface area (TPSA) is 87.7 Å². The molecule has 0 unspecified atom stereocenters. The smallest absolute Gasteiger partial charge is 0.246 e. The van der Waals surface area contributed by atoms with Crippen LogP contribution in [-0.4, -0.2) is 53.0 Å². The zero-order valence-electron chi connectivity index (χ0n) is 22.5. The monoisotopic (exact) mass is 507 g/mol. The molecule has 2 bridgehead atoms. The molecule has 1 aromatic rings. The Hall–Kier alpha value is -2.67. The number of fused-ring (bicyclic) bond motifs is 1. The average Bonchev–Trinajstić information content (AvgIpc) is 3.51. The van der Waals surface area contributed by atoms with E-state index >= 15 is 0 Å². The first-order valence-corrected chi connectivity index (χ1v) is 14.1. The summed E-state index contributed by atoms with van der Waals surface area (Å²) >= 11 is 0. The standard InChI is InChI=1S/C30H41N3O4/c1-18(2)15-17-33-26(28(35)32-21-8-6-5-7-9-21)30-16-14-23(37-30)24(25(30)29(33)36)27(34)31-22-12-10-20(11-13-22)19(3)4/h10-14,16,18-19,21,23-26H,5-9,15,17H2,1-4H3,(H,31,34)(H,32,35)/t23-,24+,25-,26-,30+/m1/s1. The number of likely N-dealkylation sites (tertiary alicyclic amines) is 1. The van der Waals surface area contributed by atoms with Crippen molar-refractivity contribution in [3.05, 3.63) is 42.0 Å². The molecule has 0 radical (unpaired) electrons. The van der Waals surface area contributed by atoms with Crippen molar-refractivity contribution in [2.24, 2.45) is 17.8 Å². The molecule has 5 rings (SSSR count). The minimum atomic E-state index is -1.10. The van der Waals surface area contributed by atoms with Gasteiger partial charge in [-0.25, -0.2) is 0 Å². The molecular formula is C30H41N3O4. The van der Waals surface area contributed by atoms with Crippen LogP contribution >= 0.6 is 0 Å². The fraction of sp³-hybridized carbons (Fsp3) is 0.633. The summed E-state index contributed by atoms with van der Waals surface area (Å²) in [6, 6.07) is 7.21. The van der Waals surface area contributed by atoms with Gasteiger partial charge in [-0.1, -0.05) is 71.2 Å². The van der Waals surface area contributed by atoms with E-state index in [1.54, 1.807) is 4.90 Å². The molecule has 1 aliphatic carbocycles. The summed E-state index contributed by atoms with van der Waals surface area (Å²) in [6.07, 6.45) is 9.39. The van der Waals surface area contributed by atoms with Crippen LogP contribution in [-0.2, 0) is 19.1 Å². The predicted octanol–water partition coefficient (Wildman–Crippen LogP) is 4.39. The number of rotatable bonds is 8. The van der Waals surface area contributed by atoms with E-state index in [1.165, 1.54) is 12.0 Å². The Morgan fingerprint density at radius 2 is 1.76 bits per heavy atom. The number of hydrogen-bond donors (Lipinski definition) is 2. The van der Waals surface area contributed by atoms with Gasteiger partial charge < -0.3 is 20.3 Å². The molecule has 3 heterocycles. The number of ether oxygens (including phenoxy) is 1. The normalized spacial score (nSPS) is 30.9. The largest absolute Gasteiger partial charge is 0.359 e. The SMILES string of the molecule is CC(C)CCN1C(=O)[C@H]2[C@@H](C(=O)Nc3ccc(C(C)C)cc3)[C@H]3C=C[C@@]2(O3)[C@H]1C(=O)NC1CCCCC1. The number of carbonyl (C=O) groups is 3. The van der Waals surface area contributed by atoms with Crippen LogP contribution in [0.15, 0.2) is 36.4 Å². The Kier molecular flexibility index (Phi) is 7.18. The molecule has 2 N–H and O–H groups in total. The summed E-state index contributed by atoms with van der Waals surface area (Å²) in [7, 11) is 0. The van der Waals surface area contributed by atoms with E-state index in [1.807, 2.05) is 36.4 Å². The van der Waals surface area contributed by atoms with Crippen LogP contribution in [0.2, 0.25) is 0 Å². The molecule has 0 aromatic heterocycles. The lowest BCUT2D eigenvalue weighted by molar-refractivity contribution is -0.141. The first-order chi connectivity index (χ1) is 17.7. The Balaban J connectivity index is 1.40. The summed E-state index contributed by atoms with van der Waals surface area (Å²) < 4.78 is 6.44. The fourth-order valence-electron chi connectivity index (χ4n) is 6.61. The lowest BCUT2D eigenvalue weighted by Crippen LogP contribution is -2.56. The lowest BCUT2D eigenvalue weighted by Gasteiger charge is -2.34. The number of carbonyl (C=O) groups excluding carboxylic acids is 3. The summed E-state index contributed by atoms with van der Waals surface area (Å²) in [4.78, 5) is 43.0. The van der Waals surface area contributed by atoms with Gasteiger partial charge >= 0.3 is 0 Å². The van der Waals surface area contributed by atoms with E-state index in [2.05, 4.69) is 38.3 Å². The average molecular weight is 508 g/mol. The molecule has 7 heteroatoms. The van der Waals surface area contributed by atoms with E-state index < -0.39 is 29.6 Å². The van der Waals surface area contributed by atoms with Crippen molar-refractivity contribution >= 4 is 23.4 Å². The molecule has 200 valence electrons. The highest BCUT2D eigenvalue weighted by Gasteiger charge is 2.72.